The maximum Gasteiger partial charge on any atom is 0.328 e. The second kappa shape index (κ2) is 11.0. The summed E-state index contributed by atoms with van der Waals surface area (Å²) in [5.74, 6) is -0.936. The minimum atomic E-state index is -0.936. The molecule has 0 aliphatic rings. The fraction of sp³-hybridized carbons (Fsp3) is 0.300. The van der Waals surface area contributed by atoms with Crippen LogP contribution in [0, 0.1) is 0 Å². The SMILES string of the molecule is C=CSC(=C\C)/C=C/C(=O)O.CC. The average molecular weight is 200 g/mol. The van der Waals surface area contributed by atoms with Crippen molar-refractivity contribution < 1.29 is 9.90 Å². The van der Waals surface area contributed by atoms with Crippen molar-refractivity contribution in [3.05, 3.63) is 35.1 Å². The molecule has 0 heterocycles. The van der Waals surface area contributed by atoms with Gasteiger partial charge in [-0.3, -0.25) is 0 Å². The minimum Gasteiger partial charge on any atom is -0.478 e. The molecular weight excluding hydrogens is 184 g/mol. The maximum absolute atomic E-state index is 10.1. The number of carboxylic acids is 1. The third-order valence-corrected chi connectivity index (χ3v) is 1.70. The van der Waals surface area contributed by atoms with Crippen LogP contribution in [0.2, 0.25) is 0 Å². The van der Waals surface area contributed by atoms with E-state index in [-0.39, 0.29) is 0 Å². The molecule has 0 saturated carbocycles. The van der Waals surface area contributed by atoms with Crippen LogP contribution < -0.4 is 0 Å². The van der Waals surface area contributed by atoms with Crippen molar-refractivity contribution in [2.24, 2.45) is 0 Å². The van der Waals surface area contributed by atoms with Crippen LogP contribution in [0.15, 0.2) is 35.1 Å². The lowest BCUT2D eigenvalue weighted by molar-refractivity contribution is -0.131. The summed E-state index contributed by atoms with van der Waals surface area (Å²) in [6.07, 6.45) is 4.46. The van der Waals surface area contributed by atoms with Crippen molar-refractivity contribution in [1.29, 1.82) is 0 Å². The third kappa shape index (κ3) is 11.0. The maximum atomic E-state index is 10.1. The Bertz CT molecular complexity index is 205. The highest BCUT2D eigenvalue weighted by Gasteiger charge is 1.89. The summed E-state index contributed by atoms with van der Waals surface area (Å²) in [4.78, 5) is 11.0. The fourth-order valence-electron chi connectivity index (χ4n) is 0.453. The first-order chi connectivity index (χ1) is 6.20. The lowest BCUT2D eigenvalue weighted by Gasteiger charge is -1.91. The number of hydrogen-bond donors (Lipinski definition) is 1. The first kappa shape index (κ1) is 14.6. The number of carbonyl (C=O) groups is 1. The van der Waals surface area contributed by atoms with Crippen LogP contribution in [0.3, 0.4) is 0 Å². The van der Waals surface area contributed by atoms with Crippen molar-refractivity contribution in [2.45, 2.75) is 20.8 Å². The summed E-state index contributed by atoms with van der Waals surface area (Å²) in [7, 11) is 0. The van der Waals surface area contributed by atoms with E-state index in [0.717, 1.165) is 11.0 Å². The summed E-state index contributed by atoms with van der Waals surface area (Å²) in [6, 6.07) is 0. The molecular formula is C10H16O2S. The Labute approximate surface area is 84.0 Å². The average Bonchev–Trinajstić information content (AvgIpc) is 2.15. The smallest absolute Gasteiger partial charge is 0.328 e. The molecule has 0 radical (unpaired) electrons. The third-order valence-electron chi connectivity index (χ3n) is 0.894. The Kier molecular flexibility index (Phi) is 12.4. The molecule has 1 N–H and O–H groups in total. The predicted octanol–water partition coefficient (Wildman–Crippen LogP) is 3.43. The molecule has 0 bridgehead atoms. The van der Waals surface area contributed by atoms with Gasteiger partial charge in [0.25, 0.3) is 0 Å². The first-order valence-corrected chi connectivity index (χ1v) is 4.93. The number of allylic oxidation sites excluding steroid dienone is 2. The summed E-state index contributed by atoms with van der Waals surface area (Å²) < 4.78 is 0. The Morgan fingerprint density at radius 3 is 2.23 bits per heavy atom. The molecule has 0 rings (SSSR count). The predicted molar refractivity (Wildman–Crippen MR) is 59.7 cm³/mol. The quantitative estimate of drug-likeness (QED) is 0.558. The minimum absolute atomic E-state index is 0.877. The van der Waals surface area contributed by atoms with Gasteiger partial charge in [0.05, 0.1) is 0 Å². The van der Waals surface area contributed by atoms with Gasteiger partial charge in [0, 0.05) is 11.0 Å². The standard InChI is InChI=1S/C8H10O2S.C2H6/c1-3-7(11-4-2)5-6-8(9)10;1-2/h3-6H,2H2,1H3,(H,9,10);1-2H3/b6-5+,7-3-;. The molecule has 0 spiro atoms. The largest absolute Gasteiger partial charge is 0.478 e. The molecule has 0 atom stereocenters. The normalized spacial score (nSPS) is 10.5. The van der Waals surface area contributed by atoms with Crippen molar-refractivity contribution >= 4 is 17.7 Å². The molecule has 3 heteroatoms. The summed E-state index contributed by atoms with van der Waals surface area (Å²) >= 11 is 1.39. The van der Waals surface area contributed by atoms with Crippen LogP contribution in [0.4, 0.5) is 0 Å². The molecule has 0 amide bonds. The lowest BCUT2D eigenvalue weighted by Crippen LogP contribution is -1.85. The topological polar surface area (TPSA) is 37.3 Å². The summed E-state index contributed by atoms with van der Waals surface area (Å²) in [5.41, 5.74) is 0. The molecule has 13 heavy (non-hydrogen) atoms. The van der Waals surface area contributed by atoms with Gasteiger partial charge in [0.15, 0.2) is 0 Å². The number of aliphatic carboxylic acids is 1. The van der Waals surface area contributed by atoms with Gasteiger partial charge in [-0.05, 0) is 18.4 Å². The second-order valence-corrected chi connectivity index (χ2v) is 2.69. The molecule has 0 aromatic rings. The number of hydrogen-bond acceptors (Lipinski definition) is 2. The Hall–Kier alpha value is -0.960. The van der Waals surface area contributed by atoms with Gasteiger partial charge < -0.3 is 5.11 Å². The Balaban J connectivity index is 0. The van der Waals surface area contributed by atoms with E-state index in [0.29, 0.717) is 0 Å². The monoisotopic (exact) mass is 200 g/mol. The van der Waals surface area contributed by atoms with E-state index >= 15 is 0 Å². The molecule has 0 aliphatic carbocycles. The van der Waals surface area contributed by atoms with Gasteiger partial charge in [0.2, 0.25) is 0 Å². The van der Waals surface area contributed by atoms with Crippen LogP contribution in [-0.4, -0.2) is 11.1 Å². The van der Waals surface area contributed by atoms with Gasteiger partial charge >= 0.3 is 5.97 Å². The van der Waals surface area contributed by atoms with E-state index in [9.17, 15) is 4.79 Å². The highest BCUT2D eigenvalue weighted by Crippen LogP contribution is 2.16. The molecule has 74 valence electrons. The number of carboxylic acid groups (broad SMARTS) is 1. The zero-order valence-corrected chi connectivity index (χ0v) is 9.10. The molecule has 0 saturated heterocycles. The molecule has 0 fully saturated rings. The number of rotatable bonds is 4. The van der Waals surface area contributed by atoms with Crippen LogP contribution >= 0.6 is 11.8 Å². The highest BCUT2D eigenvalue weighted by molar-refractivity contribution is 8.06. The molecule has 0 aliphatic heterocycles. The van der Waals surface area contributed by atoms with E-state index in [1.807, 2.05) is 26.8 Å². The van der Waals surface area contributed by atoms with Crippen LogP contribution in [-0.2, 0) is 4.79 Å². The number of thioether (sulfide) groups is 1. The van der Waals surface area contributed by atoms with E-state index in [1.54, 1.807) is 5.41 Å². The lowest BCUT2D eigenvalue weighted by atomic mass is 10.4. The highest BCUT2D eigenvalue weighted by atomic mass is 32.2. The van der Waals surface area contributed by atoms with Gasteiger partial charge in [-0.1, -0.05) is 38.3 Å². The van der Waals surface area contributed by atoms with E-state index in [4.69, 9.17) is 5.11 Å². The van der Waals surface area contributed by atoms with E-state index in [1.165, 1.54) is 17.8 Å². The van der Waals surface area contributed by atoms with Crippen molar-refractivity contribution in [3.63, 3.8) is 0 Å². The van der Waals surface area contributed by atoms with Gasteiger partial charge in [-0.2, -0.15) is 0 Å². The molecule has 0 unspecified atom stereocenters. The Morgan fingerprint density at radius 1 is 1.38 bits per heavy atom. The van der Waals surface area contributed by atoms with Crippen LogP contribution in [0.5, 0.6) is 0 Å². The van der Waals surface area contributed by atoms with Crippen molar-refractivity contribution in [2.75, 3.05) is 0 Å². The van der Waals surface area contributed by atoms with E-state index < -0.39 is 5.97 Å². The van der Waals surface area contributed by atoms with Gasteiger partial charge in [-0.25, -0.2) is 4.79 Å². The van der Waals surface area contributed by atoms with Crippen molar-refractivity contribution in [3.8, 4) is 0 Å². The van der Waals surface area contributed by atoms with Crippen LogP contribution in [0.1, 0.15) is 20.8 Å². The van der Waals surface area contributed by atoms with Crippen molar-refractivity contribution in [1.82, 2.24) is 0 Å². The first-order valence-electron chi connectivity index (χ1n) is 4.05. The Morgan fingerprint density at radius 2 is 1.92 bits per heavy atom. The second-order valence-electron chi connectivity index (χ2n) is 1.65. The molecule has 0 aromatic carbocycles. The van der Waals surface area contributed by atoms with Gasteiger partial charge in [0.1, 0.15) is 0 Å². The zero-order valence-electron chi connectivity index (χ0n) is 8.28. The summed E-state index contributed by atoms with van der Waals surface area (Å²) in [5, 5.41) is 9.93. The van der Waals surface area contributed by atoms with Crippen LogP contribution in [0.25, 0.3) is 0 Å². The molecule has 2 nitrogen and oxygen atoms in total. The van der Waals surface area contributed by atoms with E-state index in [2.05, 4.69) is 6.58 Å². The van der Waals surface area contributed by atoms with Gasteiger partial charge in [-0.15, -0.1) is 0 Å². The zero-order chi connectivity index (χ0) is 10.7. The fourth-order valence-corrected chi connectivity index (χ4v) is 0.928. The molecule has 0 aromatic heterocycles. The summed E-state index contributed by atoms with van der Waals surface area (Å²) in [6.45, 7) is 9.36.